The molecule has 1 aromatic carbocycles. The lowest BCUT2D eigenvalue weighted by molar-refractivity contribution is -0.230. The standard InChI is InChI=1S/C23H29F3N8O5/c1-20(2)6-7-39-14-10(4-3-5-11(14)20)16(35)31-13-9-34-19(28)30-12(8-29-17(36)23(24,25)26)15-21(34,22(13,37)38)33-18(27)32-15/h3-5,12-13,15,37-38H,6-9H2,1-2H3,(H2,28,30)(H,29,36)(H,31,35)(H3,27,32,33). The van der Waals surface area contributed by atoms with Crippen LogP contribution in [0.1, 0.15) is 36.2 Å². The zero-order valence-electron chi connectivity index (χ0n) is 21.0. The molecule has 1 fully saturated rings. The first-order chi connectivity index (χ1) is 18.1. The largest absolute Gasteiger partial charge is 0.492 e. The Morgan fingerprint density at radius 1 is 1.26 bits per heavy atom. The number of rotatable bonds is 4. The Morgan fingerprint density at radius 2 is 1.97 bits per heavy atom. The Balaban J connectivity index is 1.43. The van der Waals surface area contributed by atoms with Gasteiger partial charge >= 0.3 is 12.1 Å². The van der Waals surface area contributed by atoms with Crippen molar-refractivity contribution in [2.45, 2.75) is 61.4 Å². The van der Waals surface area contributed by atoms with Gasteiger partial charge < -0.3 is 47.3 Å². The number of nitrogens with zero attached hydrogens (tertiary/aromatic N) is 3. The summed E-state index contributed by atoms with van der Waals surface area (Å²) in [6, 6.07) is 1.21. The van der Waals surface area contributed by atoms with Gasteiger partial charge in [-0.3, -0.25) is 9.59 Å². The first-order valence-electron chi connectivity index (χ1n) is 12.2. The molecule has 212 valence electrons. The fourth-order valence-electron chi connectivity index (χ4n) is 5.73. The van der Waals surface area contributed by atoms with Crippen LogP contribution in [0.2, 0.25) is 0 Å². The van der Waals surface area contributed by atoms with E-state index in [0.29, 0.717) is 12.4 Å². The van der Waals surface area contributed by atoms with Crippen molar-refractivity contribution in [3.05, 3.63) is 29.3 Å². The van der Waals surface area contributed by atoms with Crippen LogP contribution in [0.4, 0.5) is 13.2 Å². The summed E-state index contributed by atoms with van der Waals surface area (Å²) in [5.41, 5.74) is 10.8. The van der Waals surface area contributed by atoms with E-state index in [1.807, 2.05) is 19.9 Å². The van der Waals surface area contributed by atoms with Crippen molar-refractivity contribution in [1.82, 2.24) is 20.9 Å². The number of ether oxygens (including phenoxy) is 1. The normalized spacial score (nSPS) is 30.0. The van der Waals surface area contributed by atoms with E-state index < -0.39 is 54.1 Å². The van der Waals surface area contributed by atoms with E-state index in [1.165, 1.54) is 4.90 Å². The number of amides is 2. The maximum absolute atomic E-state index is 13.4. The number of nitrogens with two attached hydrogens (primary N) is 2. The van der Waals surface area contributed by atoms with Crippen molar-refractivity contribution in [3.8, 4) is 5.75 Å². The Hall–Kier alpha value is -3.79. The van der Waals surface area contributed by atoms with Gasteiger partial charge in [-0.1, -0.05) is 26.0 Å². The topological polar surface area (TPSA) is 200 Å². The van der Waals surface area contributed by atoms with Crippen LogP contribution >= 0.6 is 0 Å². The van der Waals surface area contributed by atoms with Crippen LogP contribution in [-0.4, -0.2) is 94.3 Å². The lowest BCUT2D eigenvalue weighted by atomic mass is 9.79. The minimum absolute atomic E-state index is 0.194. The molecule has 4 atom stereocenters. The number of halogens is 3. The van der Waals surface area contributed by atoms with Crippen LogP contribution in [0.3, 0.4) is 0 Å². The number of fused-ring (bicyclic) bond motifs is 1. The van der Waals surface area contributed by atoms with Crippen LogP contribution in [-0.2, 0) is 10.2 Å². The van der Waals surface area contributed by atoms with E-state index in [1.54, 1.807) is 17.4 Å². The first kappa shape index (κ1) is 26.8. The second-order valence-electron chi connectivity index (χ2n) is 10.6. The average Bonchev–Trinajstić information content (AvgIpc) is 3.31. The van der Waals surface area contributed by atoms with Crippen molar-refractivity contribution in [2.24, 2.45) is 21.5 Å². The van der Waals surface area contributed by atoms with Gasteiger partial charge in [-0.15, -0.1) is 0 Å². The molecular weight excluding hydrogens is 525 g/mol. The molecule has 1 saturated heterocycles. The summed E-state index contributed by atoms with van der Waals surface area (Å²) in [5, 5.41) is 30.0. The van der Waals surface area contributed by atoms with Crippen LogP contribution in [0.25, 0.3) is 0 Å². The van der Waals surface area contributed by atoms with Crippen LogP contribution in [0.5, 0.6) is 5.75 Å². The second kappa shape index (κ2) is 8.61. The molecule has 0 saturated carbocycles. The van der Waals surface area contributed by atoms with E-state index in [-0.39, 0.29) is 29.4 Å². The number of benzene rings is 1. The van der Waals surface area contributed by atoms with Crippen molar-refractivity contribution < 1.29 is 37.7 Å². The van der Waals surface area contributed by atoms with Crippen LogP contribution in [0, 0.1) is 0 Å². The number of carbonyl (C=O) groups is 2. The predicted molar refractivity (Wildman–Crippen MR) is 130 cm³/mol. The number of carbonyl (C=O) groups excluding carboxylic acids is 2. The molecule has 1 aromatic rings. The minimum Gasteiger partial charge on any atom is -0.492 e. The van der Waals surface area contributed by atoms with E-state index in [9.17, 15) is 33.0 Å². The maximum Gasteiger partial charge on any atom is 0.471 e. The Labute approximate surface area is 220 Å². The third kappa shape index (κ3) is 4.00. The van der Waals surface area contributed by atoms with Gasteiger partial charge in [0.2, 0.25) is 5.79 Å². The molecule has 2 amide bonds. The SMILES string of the molecule is CC1(C)CCOc2c(C(=O)NC3CN4C(N)=NC(CNC(=O)C(F)(F)F)C5N=C(N)NC54C3(O)O)cccc21. The number of aliphatic hydroxyl groups is 2. The molecular formula is C23H29F3N8O5. The average molecular weight is 555 g/mol. The summed E-state index contributed by atoms with van der Waals surface area (Å²) in [7, 11) is 0. The summed E-state index contributed by atoms with van der Waals surface area (Å²) in [5.74, 6) is -5.79. The van der Waals surface area contributed by atoms with Gasteiger partial charge in [0, 0.05) is 18.7 Å². The lowest BCUT2D eigenvalue weighted by Crippen LogP contribution is -2.78. The summed E-state index contributed by atoms with van der Waals surface area (Å²) in [4.78, 5) is 34.3. The third-order valence-corrected chi connectivity index (χ3v) is 7.80. The molecule has 39 heavy (non-hydrogen) atoms. The molecule has 9 N–H and O–H groups in total. The van der Waals surface area contributed by atoms with Crippen molar-refractivity contribution in [1.29, 1.82) is 0 Å². The highest BCUT2D eigenvalue weighted by Gasteiger charge is 2.73. The predicted octanol–water partition coefficient (Wildman–Crippen LogP) is -1.80. The van der Waals surface area contributed by atoms with Gasteiger partial charge in [-0.25, -0.2) is 9.98 Å². The smallest absolute Gasteiger partial charge is 0.471 e. The quantitative estimate of drug-likeness (QED) is 0.210. The fraction of sp³-hybridized carbons (Fsp3) is 0.565. The highest BCUT2D eigenvalue weighted by molar-refractivity contribution is 5.98. The number of nitrogens with one attached hydrogen (secondary N) is 3. The van der Waals surface area contributed by atoms with Gasteiger partial charge in [0.15, 0.2) is 17.6 Å². The summed E-state index contributed by atoms with van der Waals surface area (Å²) >= 11 is 0. The number of aliphatic imine (C=N–C) groups is 2. The van der Waals surface area contributed by atoms with Crippen molar-refractivity contribution >= 4 is 23.7 Å². The molecule has 4 heterocycles. The molecule has 5 rings (SSSR count). The number of hydrogen-bond acceptors (Lipinski definition) is 11. The monoisotopic (exact) mass is 554 g/mol. The maximum atomic E-state index is 13.4. The minimum atomic E-state index is -5.14. The van der Waals surface area contributed by atoms with Crippen LogP contribution < -0.4 is 32.2 Å². The van der Waals surface area contributed by atoms with Crippen LogP contribution in [0.15, 0.2) is 28.2 Å². The summed E-state index contributed by atoms with van der Waals surface area (Å²) in [6.45, 7) is 3.53. The molecule has 0 bridgehead atoms. The molecule has 0 radical (unpaired) electrons. The van der Waals surface area contributed by atoms with E-state index in [2.05, 4.69) is 20.6 Å². The van der Waals surface area contributed by atoms with E-state index in [4.69, 9.17) is 16.2 Å². The van der Waals surface area contributed by atoms with Crippen molar-refractivity contribution in [2.75, 3.05) is 19.7 Å². The first-order valence-corrected chi connectivity index (χ1v) is 12.2. The zero-order valence-corrected chi connectivity index (χ0v) is 21.0. The Bertz CT molecular complexity index is 1280. The number of alkyl halides is 3. The molecule has 0 aromatic heterocycles. The Kier molecular flexibility index (Phi) is 5.92. The molecule has 13 nitrogen and oxygen atoms in total. The molecule has 0 aliphatic carbocycles. The zero-order chi connectivity index (χ0) is 28.5. The Morgan fingerprint density at radius 3 is 2.67 bits per heavy atom. The summed E-state index contributed by atoms with van der Waals surface area (Å²) in [6.07, 6.45) is -4.39. The molecule has 4 unspecified atom stereocenters. The summed E-state index contributed by atoms with van der Waals surface area (Å²) < 4.78 is 44.0. The highest BCUT2D eigenvalue weighted by atomic mass is 19.4. The van der Waals surface area contributed by atoms with Gasteiger partial charge in [0.1, 0.15) is 17.8 Å². The second-order valence-corrected chi connectivity index (χ2v) is 10.6. The van der Waals surface area contributed by atoms with Gasteiger partial charge in [0.25, 0.3) is 5.91 Å². The van der Waals surface area contributed by atoms with Gasteiger partial charge in [-0.2, -0.15) is 13.2 Å². The van der Waals surface area contributed by atoms with Crippen molar-refractivity contribution in [3.63, 3.8) is 0 Å². The van der Waals surface area contributed by atoms with E-state index in [0.717, 1.165) is 12.0 Å². The molecule has 4 aliphatic heterocycles. The lowest BCUT2D eigenvalue weighted by Gasteiger charge is -2.49. The molecule has 1 spiro atoms. The number of para-hydroxylation sites is 1. The van der Waals surface area contributed by atoms with Gasteiger partial charge in [0.05, 0.1) is 18.2 Å². The molecule has 16 heteroatoms. The molecule has 4 aliphatic rings. The van der Waals surface area contributed by atoms with Gasteiger partial charge in [-0.05, 0) is 17.9 Å². The van der Waals surface area contributed by atoms with E-state index >= 15 is 0 Å². The number of guanidine groups is 2. The third-order valence-electron chi connectivity index (χ3n) is 7.80. The fourth-order valence-corrected chi connectivity index (χ4v) is 5.73. The number of hydrogen-bond donors (Lipinski definition) is 7. The highest BCUT2D eigenvalue weighted by Crippen LogP contribution is 2.45.